The van der Waals surface area contributed by atoms with Crippen molar-refractivity contribution in [2.45, 2.75) is 20.3 Å². The van der Waals surface area contributed by atoms with Gasteiger partial charge in [0.25, 0.3) is 0 Å². The van der Waals surface area contributed by atoms with Gasteiger partial charge in [-0.2, -0.15) is 0 Å². The largest absolute Gasteiger partial charge is 0.294 e. The van der Waals surface area contributed by atoms with Gasteiger partial charge in [0.2, 0.25) is 0 Å². The second kappa shape index (κ2) is 3.19. The van der Waals surface area contributed by atoms with Crippen LogP contribution in [0.1, 0.15) is 29.3 Å². The molecule has 1 aliphatic rings. The lowest BCUT2D eigenvalue weighted by atomic mass is 10.0. The van der Waals surface area contributed by atoms with Crippen molar-refractivity contribution in [3.05, 3.63) is 35.1 Å². The first-order valence-electron chi connectivity index (χ1n) is 4.90. The zero-order valence-corrected chi connectivity index (χ0v) is 8.38. The van der Waals surface area contributed by atoms with E-state index in [0.717, 1.165) is 6.42 Å². The van der Waals surface area contributed by atoms with E-state index >= 15 is 0 Å². The van der Waals surface area contributed by atoms with Crippen molar-refractivity contribution in [1.82, 2.24) is 0 Å². The molecule has 2 heteroatoms. The average Bonchev–Trinajstić information content (AvgIpc) is 2.86. The summed E-state index contributed by atoms with van der Waals surface area (Å²) in [5.74, 6) is 0.421. The van der Waals surface area contributed by atoms with Crippen LogP contribution in [0.2, 0.25) is 0 Å². The topological polar surface area (TPSA) is 17.1 Å². The molecule has 1 aliphatic carbocycles. The normalized spacial score (nSPS) is 24.8. The van der Waals surface area contributed by atoms with Crippen molar-refractivity contribution in [2.75, 3.05) is 0 Å². The van der Waals surface area contributed by atoms with Gasteiger partial charge in [-0.25, -0.2) is 4.39 Å². The van der Waals surface area contributed by atoms with Crippen LogP contribution in [0.3, 0.4) is 0 Å². The maximum atomic E-state index is 13.2. The van der Waals surface area contributed by atoms with Crippen LogP contribution in [0.15, 0.2) is 18.2 Å². The fraction of sp³-hybridized carbons (Fsp3) is 0.417. The molecule has 74 valence electrons. The minimum Gasteiger partial charge on any atom is -0.294 e. The van der Waals surface area contributed by atoms with Crippen LogP contribution in [0.4, 0.5) is 4.39 Å². The van der Waals surface area contributed by atoms with Crippen LogP contribution in [-0.2, 0) is 0 Å². The number of aryl methyl sites for hydroxylation is 1. The number of carbonyl (C=O) groups excluding carboxylic acids is 1. The first kappa shape index (κ1) is 9.38. The highest BCUT2D eigenvalue weighted by Crippen LogP contribution is 2.40. The van der Waals surface area contributed by atoms with E-state index in [-0.39, 0.29) is 17.5 Å². The van der Waals surface area contributed by atoms with Crippen LogP contribution in [0.5, 0.6) is 0 Å². The van der Waals surface area contributed by atoms with Gasteiger partial charge in [-0.3, -0.25) is 4.79 Å². The predicted octanol–water partition coefficient (Wildman–Crippen LogP) is 2.97. The standard InChI is InChI=1S/C12H13FO/c1-7-3-4-9(6-11(7)13)12(14)10-5-8(10)2/h3-4,6,8,10H,5H2,1-2H3. The molecule has 0 spiro atoms. The van der Waals surface area contributed by atoms with E-state index in [1.807, 2.05) is 6.92 Å². The van der Waals surface area contributed by atoms with Gasteiger partial charge in [0.15, 0.2) is 5.78 Å². The average molecular weight is 192 g/mol. The third-order valence-corrected chi connectivity index (χ3v) is 2.90. The molecule has 2 atom stereocenters. The summed E-state index contributed by atoms with van der Waals surface area (Å²) in [4.78, 5) is 11.7. The third-order valence-electron chi connectivity index (χ3n) is 2.90. The van der Waals surface area contributed by atoms with Crippen molar-refractivity contribution in [1.29, 1.82) is 0 Å². The Labute approximate surface area is 82.9 Å². The molecule has 1 aromatic rings. The zero-order chi connectivity index (χ0) is 10.3. The van der Waals surface area contributed by atoms with Gasteiger partial charge in [0.1, 0.15) is 5.82 Å². The van der Waals surface area contributed by atoms with Crippen molar-refractivity contribution in [3.63, 3.8) is 0 Å². The molecule has 0 aromatic heterocycles. The Balaban J connectivity index is 2.24. The number of hydrogen-bond acceptors (Lipinski definition) is 1. The van der Waals surface area contributed by atoms with Crippen molar-refractivity contribution in [3.8, 4) is 0 Å². The molecule has 1 nitrogen and oxygen atoms in total. The Kier molecular flexibility index (Phi) is 2.14. The SMILES string of the molecule is Cc1ccc(C(=O)C2CC2C)cc1F. The molecular formula is C12H13FO. The van der Waals surface area contributed by atoms with Crippen LogP contribution < -0.4 is 0 Å². The van der Waals surface area contributed by atoms with Crippen molar-refractivity contribution in [2.24, 2.45) is 11.8 Å². The van der Waals surface area contributed by atoms with E-state index in [1.165, 1.54) is 6.07 Å². The molecule has 0 bridgehead atoms. The predicted molar refractivity (Wildman–Crippen MR) is 52.7 cm³/mol. The Morgan fingerprint density at radius 2 is 2.14 bits per heavy atom. The number of ketones is 1. The van der Waals surface area contributed by atoms with Gasteiger partial charge >= 0.3 is 0 Å². The number of benzene rings is 1. The molecule has 0 saturated heterocycles. The Hall–Kier alpha value is -1.18. The van der Waals surface area contributed by atoms with Gasteiger partial charge in [-0.1, -0.05) is 19.1 Å². The monoisotopic (exact) mass is 192 g/mol. The molecule has 0 N–H and O–H groups in total. The molecule has 2 unspecified atom stereocenters. The molecule has 1 fully saturated rings. The summed E-state index contributed by atoms with van der Waals surface area (Å²) in [7, 11) is 0. The summed E-state index contributed by atoms with van der Waals surface area (Å²) in [6, 6.07) is 4.73. The molecule has 0 heterocycles. The highest BCUT2D eigenvalue weighted by atomic mass is 19.1. The quantitative estimate of drug-likeness (QED) is 0.658. The lowest BCUT2D eigenvalue weighted by Crippen LogP contribution is -2.03. The van der Waals surface area contributed by atoms with E-state index in [9.17, 15) is 9.18 Å². The molecule has 0 amide bonds. The first-order valence-corrected chi connectivity index (χ1v) is 4.90. The maximum Gasteiger partial charge on any atom is 0.166 e. The van der Waals surface area contributed by atoms with Crippen molar-refractivity contribution >= 4 is 5.78 Å². The van der Waals surface area contributed by atoms with Crippen LogP contribution >= 0.6 is 0 Å². The Morgan fingerprint density at radius 3 is 2.64 bits per heavy atom. The lowest BCUT2D eigenvalue weighted by Gasteiger charge is -2.01. The fourth-order valence-electron chi connectivity index (χ4n) is 1.65. The summed E-state index contributed by atoms with van der Waals surface area (Å²) in [5, 5.41) is 0. The number of Topliss-reactive ketones (excluding diaryl/α,β-unsaturated/α-hetero) is 1. The molecular weight excluding hydrogens is 179 g/mol. The number of halogens is 1. The van der Waals surface area contributed by atoms with Gasteiger partial charge in [0.05, 0.1) is 0 Å². The molecule has 1 aromatic carbocycles. The summed E-state index contributed by atoms with van der Waals surface area (Å²) in [5.41, 5.74) is 1.10. The van der Waals surface area contributed by atoms with Gasteiger partial charge in [-0.05, 0) is 30.9 Å². The second-order valence-corrected chi connectivity index (χ2v) is 4.15. The van der Waals surface area contributed by atoms with E-state index in [2.05, 4.69) is 0 Å². The zero-order valence-electron chi connectivity index (χ0n) is 8.38. The smallest absolute Gasteiger partial charge is 0.166 e. The number of hydrogen-bond donors (Lipinski definition) is 0. The van der Waals surface area contributed by atoms with Crippen LogP contribution in [0.25, 0.3) is 0 Å². The van der Waals surface area contributed by atoms with Gasteiger partial charge in [-0.15, -0.1) is 0 Å². The highest BCUT2D eigenvalue weighted by molar-refractivity contribution is 5.99. The van der Waals surface area contributed by atoms with Gasteiger partial charge in [0, 0.05) is 11.5 Å². The minimum absolute atomic E-state index is 0.0939. The van der Waals surface area contributed by atoms with E-state index in [4.69, 9.17) is 0 Å². The van der Waals surface area contributed by atoms with Crippen molar-refractivity contribution < 1.29 is 9.18 Å². The van der Waals surface area contributed by atoms with E-state index in [0.29, 0.717) is 17.0 Å². The highest BCUT2D eigenvalue weighted by Gasteiger charge is 2.39. The van der Waals surface area contributed by atoms with Crippen LogP contribution in [0, 0.1) is 24.6 Å². The summed E-state index contributed by atoms with van der Waals surface area (Å²) in [6.07, 6.45) is 0.953. The molecule has 1 saturated carbocycles. The maximum absolute atomic E-state index is 13.2. The Bertz CT molecular complexity index is 384. The second-order valence-electron chi connectivity index (χ2n) is 4.15. The third kappa shape index (κ3) is 1.57. The lowest BCUT2D eigenvalue weighted by molar-refractivity contribution is 0.0962. The van der Waals surface area contributed by atoms with Gasteiger partial charge < -0.3 is 0 Å². The first-order chi connectivity index (χ1) is 6.59. The summed E-state index contributed by atoms with van der Waals surface area (Å²) >= 11 is 0. The van der Waals surface area contributed by atoms with Crippen LogP contribution in [-0.4, -0.2) is 5.78 Å². The van der Waals surface area contributed by atoms with E-state index < -0.39 is 0 Å². The molecule has 14 heavy (non-hydrogen) atoms. The minimum atomic E-state index is -0.288. The number of carbonyl (C=O) groups is 1. The molecule has 0 aliphatic heterocycles. The molecule has 0 radical (unpaired) electrons. The molecule has 2 rings (SSSR count). The summed E-state index contributed by atoms with van der Waals surface area (Å²) < 4.78 is 13.2. The fourth-order valence-corrected chi connectivity index (χ4v) is 1.65. The number of rotatable bonds is 2. The van der Waals surface area contributed by atoms with E-state index in [1.54, 1.807) is 19.1 Å². The summed E-state index contributed by atoms with van der Waals surface area (Å²) in [6.45, 7) is 3.75. The Morgan fingerprint density at radius 1 is 1.50 bits per heavy atom.